The Morgan fingerprint density at radius 3 is 2.20 bits per heavy atom. The van der Waals surface area contributed by atoms with E-state index < -0.39 is 29.6 Å². The second kappa shape index (κ2) is 8.27. The maximum absolute atomic E-state index is 13.3. The van der Waals surface area contributed by atoms with Crippen molar-refractivity contribution in [3.63, 3.8) is 0 Å². The van der Waals surface area contributed by atoms with E-state index in [4.69, 9.17) is 23.2 Å². The van der Waals surface area contributed by atoms with Gasteiger partial charge in [-0.15, -0.1) is 0 Å². The molecule has 4 nitrogen and oxygen atoms in total. The fourth-order valence-corrected chi connectivity index (χ4v) is 2.75. The largest absolute Gasteiger partial charge is 0.467 e. The molecule has 0 aliphatic rings. The first-order valence-corrected chi connectivity index (χ1v) is 7.85. The molecule has 0 aliphatic heterocycles. The van der Waals surface area contributed by atoms with Gasteiger partial charge in [0, 0.05) is 28.1 Å². The molecule has 0 saturated heterocycles. The van der Waals surface area contributed by atoms with E-state index in [1.54, 1.807) is 18.2 Å². The maximum atomic E-state index is 13.3. The third-order valence-electron chi connectivity index (χ3n) is 3.39. The van der Waals surface area contributed by atoms with Crippen LogP contribution in [0.1, 0.15) is 15.9 Å². The number of methoxy groups -OCH3 is 1. The molecule has 1 atom stereocenters. The highest BCUT2D eigenvalue weighted by atomic mass is 35.5. The van der Waals surface area contributed by atoms with Crippen LogP contribution in [0.3, 0.4) is 0 Å². The minimum absolute atomic E-state index is 0.0469. The van der Waals surface area contributed by atoms with Crippen LogP contribution in [0.15, 0.2) is 36.4 Å². The molecular formula is C17H13Cl2F2NO3. The number of hydrogen-bond donors (Lipinski definition) is 1. The number of carbonyl (C=O) groups is 2. The highest BCUT2D eigenvalue weighted by Gasteiger charge is 2.25. The summed E-state index contributed by atoms with van der Waals surface area (Å²) in [5.74, 6) is -3.40. The fourth-order valence-electron chi connectivity index (χ4n) is 2.19. The van der Waals surface area contributed by atoms with Crippen molar-refractivity contribution in [1.29, 1.82) is 0 Å². The van der Waals surface area contributed by atoms with Crippen molar-refractivity contribution in [2.75, 3.05) is 7.11 Å². The predicted molar refractivity (Wildman–Crippen MR) is 89.8 cm³/mol. The summed E-state index contributed by atoms with van der Waals surface area (Å²) in [7, 11) is 1.15. The Morgan fingerprint density at radius 1 is 1.12 bits per heavy atom. The number of ether oxygens (including phenoxy) is 1. The Morgan fingerprint density at radius 2 is 1.68 bits per heavy atom. The number of rotatable bonds is 5. The molecule has 1 N–H and O–H groups in total. The minimum Gasteiger partial charge on any atom is -0.467 e. The SMILES string of the molecule is COC(=O)[C@@H](Cc1c(Cl)cccc1Cl)NC(=O)c1cc(F)cc(F)c1. The van der Waals surface area contributed by atoms with E-state index in [0.717, 1.165) is 19.2 Å². The van der Waals surface area contributed by atoms with E-state index in [9.17, 15) is 18.4 Å². The number of nitrogens with one attached hydrogen (secondary N) is 1. The van der Waals surface area contributed by atoms with Crippen LogP contribution in [0.4, 0.5) is 8.78 Å². The third-order valence-corrected chi connectivity index (χ3v) is 4.09. The molecule has 2 aromatic rings. The Balaban J connectivity index is 2.26. The van der Waals surface area contributed by atoms with Gasteiger partial charge in [0.2, 0.25) is 0 Å². The van der Waals surface area contributed by atoms with Crippen LogP contribution < -0.4 is 5.32 Å². The van der Waals surface area contributed by atoms with Crippen molar-refractivity contribution in [2.45, 2.75) is 12.5 Å². The Hall–Kier alpha value is -2.18. The van der Waals surface area contributed by atoms with E-state index in [0.29, 0.717) is 21.7 Å². The molecule has 25 heavy (non-hydrogen) atoms. The molecule has 2 aromatic carbocycles. The number of benzene rings is 2. The molecule has 0 saturated carbocycles. The summed E-state index contributed by atoms with van der Waals surface area (Å²) in [5.41, 5.74) is 0.170. The molecular weight excluding hydrogens is 375 g/mol. The Kier molecular flexibility index (Phi) is 6.33. The standard InChI is InChI=1S/C17H13Cl2F2NO3/c1-25-17(24)15(8-12-13(18)3-2-4-14(12)19)22-16(23)9-5-10(20)7-11(21)6-9/h2-7,15H,8H2,1H3,(H,22,23)/t15-/m1/s1. The van der Waals surface area contributed by atoms with Crippen LogP contribution in [0, 0.1) is 11.6 Å². The average molecular weight is 388 g/mol. The number of amides is 1. The van der Waals surface area contributed by atoms with Crippen molar-refractivity contribution >= 4 is 35.1 Å². The van der Waals surface area contributed by atoms with Gasteiger partial charge in [-0.2, -0.15) is 0 Å². The molecule has 0 aliphatic carbocycles. The molecule has 0 radical (unpaired) electrons. The lowest BCUT2D eigenvalue weighted by Gasteiger charge is -2.18. The highest BCUT2D eigenvalue weighted by Crippen LogP contribution is 2.25. The lowest BCUT2D eigenvalue weighted by molar-refractivity contribution is -0.142. The third kappa shape index (κ3) is 4.90. The number of hydrogen-bond acceptors (Lipinski definition) is 3. The van der Waals surface area contributed by atoms with Crippen molar-refractivity contribution < 1.29 is 23.1 Å². The van der Waals surface area contributed by atoms with Crippen LogP contribution >= 0.6 is 23.2 Å². The van der Waals surface area contributed by atoms with Gasteiger partial charge in [-0.3, -0.25) is 4.79 Å². The van der Waals surface area contributed by atoms with E-state index in [-0.39, 0.29) is 12.0 Å². The lowest BCUT2D eigenvalue weighted by Crippen LogP contribution is -2.43. The second-order valence-electron chi connectivity index (χ2n) is 5.11. The molecule has 1 amide bonds. The van der Waals surface area contributed by atoms with Gasteiger partial charge in [-0.05, 0) is 29.8 Å². The first-order valence-electron chi connectivity index (χ1n) is 7.09. The summed E-state index contributed by atoms with van der Waals surface area (Å²) in [6.07, 6.45) is -0.0469. The maximum Gasteiger partial charge on any atom is 0.328 e. The van der Waals surface area contributed by atoms with Gasteiger partial charge in [-0.1, -0.05) is 29.3 Å². The summed E-state index contributed by atoms with van der Waals surface area (Å²) >= 11 is 12.1. The van der Waals surface area contributed by atoms with Crippen LogP contribution in [-0.2, 0) is 16.0 Å². The molecule has 0 unspecified atom stereocenters. The van der Waals surface area contributed by atoms with Crippen LogP contribution in [0.5, 0.6) is 0 Å². The van der Waals surface area contributed by atoms with Crippen LogP contribution in [0.25, 0.3) is 0 Å². The van der Waals surface area contributed by atoms with Gasteiger partial charge in [0.25, 0.3) is 5.91 Å². The van der Waals surface area contributed by atoms with Crippen molar-refractivity contribution in [3.8, 4) is 0 Å². The predicted octanol–water partition coefficient (Wildman–Crippen LogP) is 3.79. The zero-order valence-electron chi connectivity index (χ0n) is 13.0. The Labute approximate surface area is 152 Å². The first-order chi connectivity index (χ1) is 11.8. The van der Waals surface area contributed by atoms with Crippen molar-refractivity contribution in [3.05, 3.63) is 69.2 Å². The topological polar surface area (TPSA) is 55.4 Å². The van der Waals surface area contributed by atoms with Crippen molar-refractivity contribution in [1.82, 2.24) is 5.32 Å². The molecule has 8 heteroatoms. The van der Waals surface area contributed by atoms with Crippen LogP contribution in [0.2, 0.25) is 10.0 Å². The molecule has 2 rings (SSSR count). The zero-order valence-corrected chi connectivity index (χ0v) is 14.5. The summed E-state index contributed by atoms with van der Waals surface area (Å²) in [5, 5.41) is 3.00. The quantitative estimate of drug-likeness (QED) is 0.794. The molecule has 0 heterocycles. The summed E-state index contributed by atoms with van der Waals surface area (Å²) in [6.45, 7) is 0. The highest BCUT2D eigenvalue weighted by molar-refractivity contribution is 6.36. The molecule has 0 bridgehead atoms. The van der Waals surface area contributed by atoms with E-state index in [1.807, 2.05) is 0 Å². The molecule has 0 fully saturated rings. The number of esters is 1. The summed E-state index contributed by atoms with van der Waals surface area (Å²) in [4.78, 5) is 24.2. The minimum atomic E-state index is -1.14. The summed E-state index contributed by atoms with van der Waals surface area (Å²) in [6, 6.07) is 6.01. The smallest absolute Gasteiger partial charge is 0.328 e. The van der Waals surface area contributed by atoms with Gasteiger partial charge in [0.05, 0.1) is 7.11 Å². The van der Waals surface area contributed by atoms with Gasteiger partial charge < -0.3 is 10.1 Å². The number of halogens is 4. The monoisotopic (exact) mass is 387 g/mol. The van der Waals surface area contributed by atoms with Crippen molar-refractivity contribution in [2.24, 2.45) is 0 Å². The summed E-state index contributed by atoms with van der Waals surface area (Å²) < 4.78 is 31.2. The fraction of sp³-hybridized carbons (Fsp3) is 0.176. The molecule has 132 valence electrons. The average Bonchev–Trinajstić information content (AvgIpc) is 2.55. The van der Waals surface area contributed by atoms with Gasteiger partial charge in [0.1, 0.15) is 17.7 Å². The van der Waals surface area contributed by atoms with E-state index >= 15 is 0 Å². The normalized spacial score (nSPS) is 11.7. The first kappa shape index (κ1) is 19.1. The van der Waals surface area contributed by atoms with Gasteiger partial charge in [0.15, 0.2) is 0 Å². The van der Waals surface area contributed by atoms with Gasteiger partial charge in [-0.25, -0.2) is 13.6 Å². The second-order valence-corrected chi connectivity index (χ2v) is 5.93. The lowest BCUT2D eigenvalue weighted by atomic mass is 10.0. The van der Waals surface area contributed by atoms with Gasteiger partial charge >= 0.3 is 5.97 Å². The van der Waals surface area contributed by atoms with E-state index in [2.05, 4.69) is 10.1 Å². The van der Waals surface area contributed by atoms with E-state index in [1.165, 1.54) is 0 Å². The molecule has 0 aromatic heterocycles. The number of carbonyl (C=O) groups excluding carboxylic acids is 2. The van der Waals surface area contributed by atoms with Crippen LogP contribution in [-0.4, -0.2) is 25.0 Å². The zero-order chi connectivity index (χ0) is 18.6. The molecule has 0 spiro atoms. The Bertz CT molecular complexity index is 774.